The second kappa shape index (κ2) is 10.6. The molecule has 0 spiro atoms. The Labute approximate surface area is 183 Å². The van der Waals surface area contributed by atoms with Crippen LogP contribution in [0.2, 0.25) is 0 Å². The van der Waals surface area contributed by atoms with Crippen molar-refractivity contribution in [1.82, 2.24) is 15.1 Å². The third-order valence-corrected chi connectivity index (χ3v) is 5.48. The number of nitrogens with one attached hydrogen (secondary N) is 1. The summed E-state index contributed by atoms with van der Waals surface area (Å²) in [5.41, 5.74) is 3.45. The molecule has 1 unspecified atom stereocenters. The molecule has 1 aliphatic heterocycles. The van der Waals surface area contributed by atoms with E-state index in [-0.39, 0.29) is 17.9 Å². The molecular weight excluding hydrogens is 427 g/mol. The molecule has 0 bridgehead atoms. The van der Waals surface area contributed by atoms with Crippen molar-refractivity contribution < 1.29 is 32.6 Å². The van der Waals surface area contributed by atoms with Crippen LogP contribution in [0.5, 0.6) is 0 Å². The molecule has 1 aliphatic carbocycles. The summed E-state index contributed by atoms with van der Waals surface area (Å²) < 4.78 is 39.6. The zero-order chi connectivity index (χ0) is 23.1. The number of hydrogen-bond acceptors (Lipinski definition) is 4. The zero-order valence-electron chi connectivity index (χ0n) is 17.5. The molecule has 2 heterocycles. The van der Waals surface area contributed by atoms with E-state index >= 15 is 0 Å². The second-order valence-corrected chi connectivity index (χ2v) is 7.86. The van der Waals surface area contributed by atoms with Gasteiger partial charge in [0.1, 0.15) is 6.10 Å². The molecule has 1 aromatic carbocycles. The summed E-state index contributed by atoms with van der Waals surface area (Å²) in [6.45, 7) is 1.97. The van der Waals surface area contributed by atoms with Gasteiger partial charge in [0, 0.05) is 18.7 Å². The predicted octanol–water partition coefficient (Wildman–Crippen LogP) is 3.48. The third kappa shape index (κ3) is 6.56. The van der Waals surface area contributed by atoms with Crippen molar-refractivity contribution in [3.8, 4) is 0 Å². The molecule has 1 amide bonds. The molecule has 32 heavy (non-hydrogen) atoms. The minimum atomic E-state index is -5.08. The normalized spacial score (nSPS) is 18.4. The summed E-state index contributed by atoms with van der Waals surface area (Å²) in [5.74, 6) is -2.39. The molecule has 0 saturated heterocycles. The van der Waals surface area contributed by atoms with Crippen molar-refractivity contribution in [1.29, 1.82) is 0 Å². The minimum Gasteiger partial charge on any atom is -0.475 e. The van der Waals surface area contributed by atoms with Crippen molar-refractivity contribution in [2.45, 2.75) is 50.9 Å². The fourth-order valence-corrected chi connectivity index (χ4v) is 3.86. The van der Waals surface area contributed by atoms with Crippen molar-refractivity contribution in [2.75, 3.05) is 13.2 Å². The Morgan fingerprint density at radius 2 is 1.84 bits per heavy atom. The van der Waals surface area contributed by atoms with E-state index in [2.05, 4.69) is 23.6 Å². The maximum Gasteiger partial charge on any atom is 0.490 e. The molecule has 1 fully saturated rings. The lowest BCUT2D eigenvalue weighted by Gasteiger charge is -2.23. The van der Waals surface area contributed by atoms with Gasteiger partial charge in [-0.25, -0.2) is 4.79 Å². The first-order valence-electron chi connectivity index (χ1n) is 10.5. The molecule has 0 radical (unpaired) electrons. The minimum absolute atomic E-state index is 0.133. The first-order valence-corrected chi connectivity index (χ1v) is 10.5. The molecule has 1 atom stereocenters. The number of aromatic nitrogens is 2. The Hall–Kier alpha value is -2.88. The number of carbonyl (C=O) groups is 2. The zero-order valence-corrected chi connectivity index (χ0v) is 17.5. The highest BCUT2D eigenvalue weighted by Gasteiger charge is 2.38. The first-order chi connectivity index (χ1) is 15.2. The van der Waals surface area contributed by atoms with Crippen molar-refractivity contribution in [2.24, 2.45) is 5.92 Å². The average molecular weight is 453 g/mol. The van der Waals surface area contributed by atoms with Gasteiger partial charge >= 0.3 is 12.1 Å². The number of fused-ring (bicyclic) bond motifs is 1. The quantitative estimate of drug-likeness (QED) is 0.723. The third-order valence-electron chi connectivity index (χ3n) is 5.48. The van der Waals surface area contributed by atoms with Crippen LogP contribution in [0.15, 0.2) is 36.5 Å². The highest BCUT2D eigenvalue weighted by molar-refractivity contribution is 5.78. The van der Waals surface area contributed by atoms with E-state index in [1.165, 1.54) is 24.0 Å². The number of carboxylic acid groups (broad SMARTS) is 1. The van der Waals surface area contributed by atoms with E-state index in [1.54, 1.807) is 0 Å². The monoisotopic (exact) mass is 453 g/mol. The largest absolute Gasteiger partial charge is 0.490 e. The molecule has 7 nitrogen and oxygen atoms in total. The van der Waals surface area contributed by atoms with Crippen LogP contribution < -0.4 is 5.32 Å². The molecule has 2 aliphatic rings. The molecule has 2 N–H and O–H groups in total. The Bertz CT molecular complexity index is 909. The van der Waals surface area contributed by atoms with Gasteiger partial charge in [0.2, 0.25) is 5.91 Å². The number of nitrogens with zero attached hydrogens (tertiary/aromatic N) is 2. The van der Waals surface area contributed by atoms with Crippen LogP contribution in [0.3, 0.4) is 0 Å². The van der Waals surface area contributed by atoms with Gasteiger partial charge in [-0.2, -0.15) is 18.3 Å². The number of aliphatic carboxylic acids is 1. The van der Waals surface area contributed by atoms with Crippen molar-refractivity contribution >= 4 is 11.9 Å². The maximum absolute atomic E-state index is 12.3. The van der Waals surface area contributed by atoms with Crippen molar-refractivity contribution in [3.05, 3.63) is 53.3 Å². The predicted molar refractivity (Wildman–Crippen MR) is 109 cm³/mol. The van der Waals surface area contributed by atoms with Gasteiger partial charge in [0.15, 0.2) is 0 Å². The van der Waals surface area contributed by atoms with Crippen LogP contribution in [0.4, 0.5) is 13.2 Å². The summed E-state index contributed by atoms with van der Waals surface area (Å²) in [7, 11) is 0. The Kier molecular flexibility index (Phi) is 7.89. The Morgan fingerprint density at radius 1 is 1.19 bits per heavy atom. The molecule has 1 aromatic heterocycles. The number of carbonyl (C=O) groups excluding carboxylic acids is 1. The van der Waals surface area contributed by atoms with Crippen LogP contribution in [-0.2, 0) is 27.3 Å². The highest BCUT2D eigenvalue weighted by atomic mass is 19.4. The van der Waals surface area contributed by atoms with Crippen LogP contribution in [0, 0.1) is 5.92 Å². The fourth-order valence-electron chi connectivity index (χ4n) is 3.86. The number of alkyl halides is 3. The summed E-state index contributed by atoms with van der Waals surface area (Å²) in [6.07, 6.45) is 2.18. The van der Waals surface area contributed by atoms with Gasteiger partial charge in [-0.3, -0.25) is 9.48 Å². The number of rotatable bonds is 5. The number of ether oxygens (including phenoxy) is 1. The van der Waals surface area contributed by atoms with E-state index in [0.717, 1.165) is 31.5 Å². The maximum atomic E-state index is 12.3. The van der Waals surface area contributed by atoms with Gasteiger partial charge < -0.3 is 15.2 Å². The highest BCUT2D eigenvalue weighted by Crippen LogP contribution is 2.27. The summed E-state index contributed by atoms with van der Waals surface area (Å²) >= 11 is 0. The number of amides is 1. The number of hydrogen-bond donors (Lipinski definition) is 2. The molecule has 4 rings (SSSR count). The number of carboxylic acids is 1. The molecule has 10 heteroatoms. The van der Waals surface area contributed by atoms with Gasteiger partial charge in [0.05, 0.1) is 18.8 Å². The topological polar surface area (TPSA) is 93.5 Å². The molecule has 1 saturated carbocycles. The second-order valence-electron chi connectivity index (χ2n) is 7.86. The smallest absolute Gasteiger partial charge is 0.475 e. The van der Waals surface area contributed by atoms with Crippen LogP contribution in [0.25, 0.3) is 0 Å². The lowest BCUT2D eigenvalue weighted by molar-refractivity contribution is -0.192. The molecule has 174 valence electrons. The van der Waals surface area contributed by atoms with Crippen LogP contribution >= 0.6 is 0 Å². The van der Waals surface area contributed by atoms with Gasteiger partial charge in [-0.1, -0.05) is 43.2 Å². The Morgan fingerprint density at radius 3 is 2.47 bits per heavy atom. The lowest BCUT2D eigenvalue weighted by Crippen LogP contribution is -2.35. The van der Waals surface area contributed by atoms with Gasteiger partial charge in [0.25, 0.3) is 0 Å². The molecule has 2 aromatic rings. The SMILES string of the molecule is O=C(NCC1OCCc2cn(Cc3ccccc3)nc21)C1CCCC1.O=C(O)C(F)(F)F. The number of benzene rings is 1. The average Bonchev–Trinajstić information content (AvgIpc) is 3.42. The van der Waals surface area contributed by atoms with Crippen LogP contribution in [0.1, 0.15) is 48.6 Å². The molecular formula is C22H26F3N3O4. The van der Waals surface area contributed by atoms with Gasteiger partial charge in [-0.05, 0) is 30.4 Å². The van der Waals surface area contributed by atoms with Gasteiger partial charge in [-0.15, -0.1) is 0 Å². The summed E-state index contributed by atoms with van der Waals surface area (Å²) in [6, 6.07) is 10.3. The van der Waals surface area contributed by atoms with Crippen LogP contribution in [-0.4, -0.2) is 46.1 Å². The van der Waals surface area contributed by atoms with E-state index in [0.29, 0.717) is 13.2 Å². The summed E-state index contributed by atoms with van der Waals surface area (Å²) in [4.78, 5) is 21.1. The standard InChI is InChI=1S/C20H25N3O2.C2HF3O2/c24-20(16-8-4-5-9-16)21-12-18-19-17(10-11-25-18)14-23(22-19)13-15-6-2-1-3-7-15;3-2(4,5)1(6)7/h1-3,6-7,14,16,18H,4-5,8-13H2,(H,21,24);(H,6,7). The first kappa shape index (κ1) is 23.8. The number of halogens is 3. The summed E-state index contributed by atoms with van der Waals surface area (Å²) in [5, 5.41) is 14.9. The fraction of sp³-hybridized carbons (Fsp3) is 0.500. The van der Waals surface area contributed by atoms with E-state index in [4.69, 9.17) is 19.7 Å². The lowest BCUT2D eigenvalue weighted by atomic mass is 10.1. The van der Waals surface area contributed by atoms with Crippen molar-refractivity contribution in [3.63, 3.8) is 0 Å². The van der Waals surface area contributed by atoms with E-state index in [1.807, 2.05) is 22.9 Å². The van der Waals surface area contributed by atoms with E-state index in [9.17, 15) is 18.0 Å². The Balaban J connectivity index is 0.000000360. The van der Waals surface area contributed by atoms with E-state index < -0.39 is 12.1 Å².